The van der Waals surface area contributed by atoms with Crippen molar-refractivity contribution in [2.24, 2.45) is 0 Å². The van der Waals surface area contributed by atoms with Gasteiger partial charge in [-0.05, 0) is 50.1 Å². The van der Waals surface area contributed by atoms with Crippen LogP contribution in [0, 0.1) is 0 Å². The van der Waals surface area contributed by atoms with Gasteiger partial charge in [-0.3, -0.25) is 9.36 Å². The van der Waals surface area contributed by atoms with Crippen molar-refractivity contribution in [3.05, 3.63) is 61.4 Å². The zero-order valence-corrected chi connectivity index (χ0v) is 12.1. The van der Waals surface area contributed by atoms with Crippen molar-refractivity contribution in [1.29, 1.82) is 0 Å². The number of benzene rings is 1. The van der Waals surface area contributed by atoms with E-state index in [1.807, 2.05) is 6.07 Å². The summed E-state index contributed by atoms with van der Waals surface area (Å²) in [6, 6.07) is 7.88. The Bertz CT molecular complexity index is 659. The van der Waals surface area contributed by atoms with Crippen molar-refractivity contribution < 1.29 is 9.90 Å². The molecule has 2 aromatic rings. The molecule has 2 rings (SSSR count). The molecule has 1 N–H and O–H groups in total. The molecule has 0 unspecified atom stereocenters. The number of para-hydroxylation sites is 1. The van der Waals surface area contributed by atoms with Gasteiger partial charge in [-0.2, -0.15) is 0 Å². The van der Waals surface area contributed by atoms with E-state index in [9.17, 15) is 9.59 Å². The summed E-state index contributed by atoms with van der Waals surface area (Å²) < 4.78 is 2.68. The monoisotopic (exact) mass is 371 g/mol. The minimum absolute atomic E-state index is 0.0530. The van der Waals surface area contributed by atoms with Crippen molar-refractivity contribution in [1.82, 2.24) is 4.57 Å². The molecule has 0 spiro atoms. The van der Waals surface area contributed by atoms with Crippen molar-refractivity contribution in [2.75, 3.05) is 0 Å². The molecule has 92 valence electrons. The second-order valence-corrected chi connectivity index (χ2v) is 5.21. The van der Waals surface area contributed by atoms with E-state index in [2.05, 4.69) is 31.9 Å². The lowest BCUT2D eigenvalue weighted by Gasteiger charge is -2.10. The quantitative estimate of drug-likeness (QED) is 0.881. The van der Waals surface area contributed by atoms with E-state index >= 15 is 0 Å². The lowest BCUT2D eigenvalue weighted by molar-refractivity contribution is 0.0696. The van der Waals surface area contributed by atoms with Gasteiger partial charge in [0.05, 0.1) is 11.3 Å². The highest BCUT2D eigenvalue weighted by Gasteiger charge is 2.11. The Hall–Kier alpha value is -1.40. The molecule has 0 atom stereocenters. The molecule has 4 nitrogen and oxygen atoms in total. The van der Waals surface area contributed by atoms with E-state index in [1.165, 1.54) is 22.9 Å². The molecule has 0 fully saturated rings. The lowest BCUT2D eigenvalue weighted by Crippen LogP contribution is -2.19. The van der Waals surface area contributed by atoms with Gasteiger partial charge in [0, 0.05) is 21.2 Å². The number of carboxylic acids is 1. The van der Waals surface area contributed by atoms with E-state index < -0.39 is 5.97 Å². The highest BCUT2D eigenvalue weighted by molar-refractivity contribution is 9.11. The molecule has 0 saturated heterocycles. The van der Waals surface area contributed by atoms with Crippen LogP contribution in [-0.2, 0) is 0 Å². The summed E-state index contributed by atoms with van der Waals surface area (Å²) in [5.41, 5.74) is 0.329. The van der Waals surface area contributed by atoms with E-state index in [1.54, 1.807) is 12.1 Å². The third-order valence-electron chi connectivity index (χ3n) is 2.34. The normalized spacial score (nSPS) is 10.3. The largest absolute Gasteiger partial charge is 0.478 e. The molecule has 0 radical (unpaired) electrons. The first kappa shape index (κ1) is 13.0. The van der Waals surface area contributed by atoms with E-state index in [0.29, 0.717) is 14.6 Å². The smallest absolute Gasteiger partial charge is 0.337 e. The topological polar surface area (TPSA) is 59.3 Å². The summed E-state index contributed by atoms with van der Waals surface area (Å²) in [5.74, 6) is -1.08. The van der Waals surface area contributed by atoms with Crippen LogP contribution in [0.1, 0.15) is 10.4 Å². The van der Waals surface area contributed by atoms with Gasteiger partial charge in [0.2, 0.25) is 0 Å². The fourth-order valence-electron chi connectivity index (χ4n) is 1.51. The Kier molecular flexibility index (Phi) is 3.68. The highest BCUT2D eigenvalue weighted by atomic mass is 79.9. The van der Waals surface area contributed by atoms with Gasteiger partial charge in [-0.25, -0.2) is 4.79 Å². The van der Waals surface area contributed by atoms with Crippen LogP contribution in [0.3, 0.4) is 0 Å². The molecule has 6 heteroatoms. The average Bonchev–Trinajstić information content (AvgIpc) is 2.30. The predicted octanol–water partition coefficient (Wildman–Crippen LogP) is 3.06. The first-order valence-electron chi connectivity index (χ1n) is 4.91. The van der Waals surface area contributed by atoms with Gasteiger partial charge in [0.15, 0.2) is 0 Å². The van der Waals surface area contributed by atoms with Crippen LogP contribution in [-0.4, -0.2) is 15.6 Å². The summed E-state index contributed by atoms with van der Waals surface area (Å²) in [6.45, 7) is 0. The number of carbonyl (C=O) groups is 1. The van der Waals surface area contributed by atoms with Crippen LogP contribution < -0.4 is 5.56 Å². The Morgan fingerprint density at radius 3 is 2.28 bits per heavy atom. The van der Waals surface area contributed by atoms with E-state index in [4.69, 9.17) is 5.11 Å². The fraction of sp³-hybridized carbons (Fsp3) is 0. The molecular weight excluding hydrogens is 366 g/mol. The highest BCUT2D eigenvalue weighted by Crippen LogP contribution is 2.28. The number of pyridine rings is 1. The Balaban J connectivity index is 2.75. The SMILES string of the molecule is O=C(O)c1ccc(=O)n(-c2c(Br)cccc2Br)c1. The fourth-order valence-corrected chi connectivity index (χ4v) is 2.89. The number of aromatic carboxylic acids is 1. The van der Waals surface area contributed by atoms with Crippen LogP contribution in [0.15, 0.2) is 50.3 Å². The number of nitrogens with zero attached hydrogens (tertiary/aromatic N) is 1. The summed E-state index contributed by atoms with van der Waals surface area (Å²) in [5, 5.41) is 8.95. The molecule has 0 bridgehead atoms. The van der Waals surface area contributed by atoms with Crippen molar-refractivity contribution in [3.8, 4) is 5.69 Å². The first-order valence-corrected chi connectivity index (χ1v) is 6.49. The molecule has 1 heterocycles. The zero-order chi connectivity index (χ0) is 13.3. The van der Waals surface area contributed by atoms with Crippen molar-refractivity contribution in [2.45, 2.75) is 0 Å². The molecule has 0 saturated carbocycles. The summed E-state index contributed by atoms with van der Waals surface area (Å²) in [7, 11) is 0. The van der Waals surface area contributed by atoms with Crippen LogP contribution >= 0.6 is 31.9 Å². The van der Waals surface area contributed by atoms with E-state index in [-0.39, 0.29) is 11.1 Å². The minimum atomic E-state index is -1.08. The zero-order valence-electron chi connectivity index (χ0n) is 8.93. The average molecular weight is 373 g/mol. The summed E-state index contributed by atoms with van der Waals surface area (Å²) >= 11 is 6.68. The number of carboxylic acid groups (broad SMARTS) is 1. The number of hydrogen-bond donors (Lipinski definition) is 1. The molecule has 1 aromatic carbocycles. The van der Waals surface area contributed by atoms with Gasteiger partial charge in [-0.1, -0.05) is 6.07 Å². The molecule has 18 heavy (non-hydrogen) atoms. The summed E-state index contributed by atoms with van der Waals surface area (Å²) in [4.78, 5) is 22.8. The van der Waals surface area contributed by atoms with Gasteiger partial charge in [-0.15, -0.1) is 0 Å². The van der Waals surface area contributed by atoms with Crippen LogP contribution in [0.4, 0.5) is 0 Å². The van der Waals surface area contributed by atoms with Gasteiger partial charge < -0.3 is 5.11 Å². The second-order valence-electron chi connectivity index (χ2n) is 3.50. The number of rotatable bonds is 2. The molecule has 0 aliphatic carbocycles. The molecule has 0 amide bonds. The maximum absolute atomic E-state index is 11.8. The van der Waals surface area contributed by atoms with Crippen molar-refractivity contribution in [3.63, 3.8) is 0 Å². The maximum atomic E-state index is 11.8. The maximum Gasteiger partial charge on any atom is 0.337 e. The van der Waals surface area contributed by atoms with Crippen LogP contribution in [0.25, 0.3) is 5.69 Å². The van der Waals surface area contributed by atoms with E-state index in [0.717, 1.165) is 0 Å². The number of halogens is 2. The number of aromatic nitrogens is 1. The number of hydrogen-bond acceptors (Lipinski definition) is 2. The third-order valence-corrected chi connectivity index (χ3v) is 3.62. The molecule has 0 aliphatic rings. The molecular formula is C12H7Br2NO3. The van der Waals surface area contributed by atoms with Crippen LogP contribution in [0.5, 0.6) is 0 Å². The van der Waals surface area contributed by atoms with Crippen LogP contribution in [0.2, 0.25) is 0 Å². The molecule has 1 aromatic heterocycles. The van der Waals surface area contributed by atoms with Gasteiger partial charge >= 0.3 is 5.97 Å². The molecule has 0 aliphatic heterocycles. The Labute approximate surface area is 119 Å². The standard InChI is InChI=1S/C12H7Br2NO3/c13-8-2-1-3-9(14)11(8)15-6-7(12(17)18)4-5-10(15)16/h1-6H,(H,17,18). The Morgan fingerprint density at radius 2 is 1.72 bits per heavy atom. The minimum Gasteiger partial charge on any atom is -0.478 e. The predicted molar refractivity (Wildman–Crippen MR) is 74.4 cm³/mol. The first-order chi connectivity index (χ1) is 8.50. The Morgan fingerprint density at radius 1 is 1.11 bits per heavy atom. The second kappa shape index (κ2) is 5.07. The summed E-state index contributed by atoms with van der Waals surface area (Å²) in [6.07, 6.45) is 1.30. The van der Waals surface area contributed by atoms with Gasteiger partial charge in [0.25, 0.3) is 5.56 Å². The third kappa shape index (κ3) is 2.39. The van der Waals surface area contributed by atoms with Crippen molar-refractivity contribution >= 4 is 37.8 Å². The lowest BCUT2D eigenvalue weighted by atomic mass is 10.2. The van der Waals surface area contributed by atoms with Gasteiger partial charge in [0.1, 0.15) is 0 Å².